The molecule has 0 amide bonds. The van der Waals surface area contributed by atoms with Gasteiger partial charge < -0.3 is 5.11 Å². The first kappa shape index (κ1) is 16.8. The van der Waals surface area contributed by atoms with Crippen LogP contribution in [0.25, 0.3) is 0 Å². The number of hydrogen-bond donors (Lipinski definition) is 1. The van der Waals surface area contributed by atoms with E-state index in [0.717, 1.165) is 24.3 Å². The van der Waals surface area contributed by atoms with Crippen LogP contribution in [-0.2, 0) is 20.8 Å². The fourth-order valence-corrected chi connectivity index (χ4v) is 4.27. The van der Waals surface area contributed by atoms with E-state index in [9.17, 15) is 31.5 Å². The summed E-state index contributed by atoms with van der Waals surface area (Å²) in [5.74, 6) is -2.69. The van der Waals surface area contributed by atoms with Crippen LogP contribution in [-0.4, -0.2) is 31.0 Å². The zero-order valence-electron chi connectivity index (χ0n) is 11.5. The minimum absolute atomic E-state index is 0.0813. The Bertz CT molecular complexity index is 636. The molecule has 1 aliphatic heterocycles. The van der Waals surface area contributed by atoms with Gasteiger partial charge >= 0.3 is 12.1 Å². The molecule has 1 heterocycles. The summed E-state index contributed by atoms with van der Waals surface area (Å²) >= 11 is 0. The number of carboxylic acid groups (broad SMARTS) is 1. The first-order chi connectivity index (χ1) is 10.1. The topological polar surface area (TPSA) is 71.4 Å². The highest BCUT2D eigenvalue weighted by molar-refractivity contribution is 7.91. The maximum atomic E-state index is 12.5. The highest BCUT2D eigenvalue weighted by Gasteiger charge is 2.35. The van der Waals surface area contributed by atoms with Crippen LogP contribution in [0.1, 0.15) is 29.9 Å². The molecule has 4 nitrogen and oxygen atoms in total. The predicted octanol–water partition coefficient (Wildman–Crippen LogP) is 2.70. The molecule has 0 bridgehead atoms. The Kier molecular flexibility index (Phi) is 4.51. The lowest BCUT2D eigenvalue weighted by Gasteiger charge is -2.27. The Balaban J connectivity index is 2.24. The molecule has 0 radical (unpaired) electrons. The molecule has 1 saturated heterocycles. The van der Waals surface area contributed by atoms with E-state index in [1.54, 1.807) is 0 Å². The lowest BCUT2D eigenvalue weighted by molar-refractivity contribution is -0.140. The predicted molar refractivity (Wildman–Crippen MR) is 73.2 cm³/mol. The molecular formula is C14H15F3O4S. The average Bonchev–Trinajstić information content (AvgIpc) is 2.40. The second kappa shape index (κ2) is 5.91. The fraction of sp³-hybridized carbons (Fsp3) is 0.500. The van der Waals surface area contributed by atoms with Gasteiger partial charge in [0.1, 0.15) is 9.84 Å². The van der Waals surface area contributed by atoms with Crippen molar-refractivity contribution in [2.75, 3.05) is 11.5 Å². The van der Waals surface area contributed by atoms with Crippen LogP contribution in [0.15, 0.2) is 24.3 Å². The van der Waals surface area contributed by atoms with E-state index >= 15 is 0 Å². The molecule has 1 aromatic carbocycles. The quantitative estimate of drug-likeness (QED) is 0.921. The highest BCUT2D eigenvalue weighted by atomic mass is 32.2. The van der Waals surface area contributed by atoms with Gasteiger partial charge in [0.05, 0.1) is 23.0 Å². The van der Waals surface area contributed by atoms with E-state index < -0.39 is 39.4 Å². The molecule has 1 fully saturated rings. The molecule has 0 spiro atoms. The van der Waals surface area contributed by atoms with Crippen molar-refractivity contribution in [1.82, 2.24) is 0 Å². The summed E-state index contributed by atoms with van der Waals surface area (Å²) in [7, 11) is -3.12. The van der Waals surface area contributed by atoms with Crippen molar-refractivity contribution >= 4 is 15.8 Å². The van der Waals surface area contributed by atoms with E-state index in [1.165, 1.54) is 0 Å². The number of rotatable bonds is 3. The van der Waals surface area contributed by atoms with Crippen molar-refractivity contribution in [2.24, 2.45) is 5.92 Å². The third-order valence-corrected chi connectivity index (χ3v) is 5.65. The van der Waals surface area contributed by atoms with Crippen molar-refractivity contribution in [2.45, 2.75) is 24.9 Å². The van der Waals surface area contributed by atoms with E-state index in [0.29, 0.717) is 0 Å². The van der Waals surface area contributed by atoms with Crippen LogP contribution in [0.2, 0.25) is 0 Å². The van der Waals surface area contributed by atoms with Gasteiger partial charge in [0.25, 0.3) is 0 Å². The van der Waals surface area contributed by atoms with Gasteiger partial charge in [-0.3, -0.25) is 4.79 Å². The van der Waals surface area contributed by atoms with E-state index in [4.69, 9.17) is 0 Å². The molecule has 1 atom stereocenters. The van der Waals surface area contributed by atoms with E-state index in [2.05, 4.69) is 0 Å². The Morgan fingerprint density at radius 3 is 2.05 bits per heavy atom. The summed E-state index contributed by atoms with van der Waals surface area (Å²) < 4.78 is 60.4. The van der Waals surface area contributed by atoms with Gasteiger partial charge in [0.2, 0.25) is 0 Å². The molecule has 1 N–H and O–H groups in total. The van der Waals surface area contributed by atoms with Crippen LogP contribution >= 0.6 is 0 Å². The van der Waals surface area contributed by atoms with Gasteiger partial charge in [0, 0.05) is 0 Å². The normalized spacial score (nSPS) is 20.5. The lowest BCUT2D eigenvalue weighted by atomic mass is 9.82. The molecule has 0 aliphatic carbocycles. The van der Waals surface area contributed by atoms with Crippen molar-refractivity contribution in [1.29, 1.82) is 0 Å². The van der Waals surface area contributed by atoms with Crippen LogP contribution in [0.5, 0.6) is 0 Å². The van der Waals surface area contributed by atoms with E-state index in [-0.39, 0.29) is 29.9 Å². The van der Waals surface area contributed by atoms with Crippen LogP contribution < -0.4 is 0 Å². The Hall–Kier alpha value is -1.57. The number of alkyl halides is 3. The maximum Gasteiger partial charge on any atom is 0.416 e. The molecule has 8 heteroatoms. The molecule has 0 saturated carbocycles. The summed E-state index contributed by atoms with van der Waals surface area (Å²) in [5, 5.41) is 9.37. The van der Waals surface area contributed by atoms with Gasteiger partial charge in [0.15, 0.2) is 0 Å². The minimum Gasteiger partial charge on any atom is -0.481 e. The third kappa shape index (κ3) is 3.79. The molecule has 0 aromatic heterocycles. The second-order valence-corrected chi connectivity index (χ2v) is 7.73. The van der Waals surface area contributed by atoms with Crippen LogP contribution in [0.4, 0.5) is 13.2 Å². The summed E-state index contributed by atoms with van der Waals surface area (Å²) in [5.41, 5.74) is -0.573. The summed E-state index contributed by atoms with van der Waals surface area (Å²) in [4.78, 5) is 11.5. The lowest BCUT2D eigenvalue weighted by Crippen LogP contribution is -2.30. The molecule has 1 aromatic rings. The van der Waals surface area contributed by atoms with Crippen LogP contribution in [0, 0.1) is 5.92 Å². The summed E-state index contributed by atoms with van der Waals surface area (Å²) in [6.07, 6.45) is -4.06. The second-order valence-electron chi connectivity index (χ2n) is 5.42. The number of hydrogen-bond acceptors (Lipinski definition) is 3. The standard InChI is InChI=1S/C14H15F3O4S/c15-14(16,17)11-3-1-9(2-4-11)12(13(18)19)10-5-7-22(20,21)8-6-10/h1-4,10,12H,5-8H2,(H,18,19). The zero-order chi connectivity index (χ0) is 16.5. The number of sulfone groups is 1. The molecule has 122 valence electrons. The number of halogens is 3. The monoisotopic (exact) mass is 336 g/mol. The summed E-state index contributed by atoms with van der Waals surface area (Å²) in [6.45, 7) is 0. The van der Waals surface area contributed by atoms with Crippen molar-refractivity contribution in [3.05, 3.63) is 35.4 Å². The number of carbonyl (C=O) groups is 1. The average molecular weight is 336 g/mol. The van der Waals surface area contributed by atoms with Crippen molar-refractivity contribution in [3.8, 4) is 0 Å². The number of carboxylic acids is 1. The van der Waals surface area contributed by atoms with Gasteiger partial charge in [-0.2, -0.15) is 13.2 Å². The number of benzene rings is 1. The SMILES string of the molecule is O=C(O)C(c1ccc(C(F)(F)F)cc1)C1CCS(=O)(=O)CC1. The first-order valence-electron chi connectivity index (χ1n) is 6.70. The molecule has 22 heavy (non-hydrogen) atoms. The smallest absolute Gasteiger partial charge is 0.416 e. The minimum atomic E-state index is -4.48. The van der Waals surface area contributed by atoms with Gasteiger partial charge in [-0.1, -0.05) is 12.1 Å². The largest absolute Gasteiger partial charge is 0.481 e. The Morgan fingerprint density at radius 2 is 1.64 bits per heavy atom. The molecule has 2 rings (SSSR count). The molecule has 1 unspecified atom stereocenters. The van der Waals surface area contributed by atoms with E-state index in [1.807, 2.05) is 0 Å². The molecule has 1 aliphatic rings. The molecular weight excluding hydrogens is 321 g/mol. The highest BCUT2D eigenvalue weighted by Crippen LogP contribution is 2.35. The van der Waals surface area contributed by atoms with Gasteiger partial charge in [-0.05, 0) is 36.5 Å². The van der Waals surface area contributed by atoms with Crippen LogP contribution in [0.3, 0.4) is 0 Å². The third-order valence-electron chi connectivity index (χ3n) is 3.93. The van der Waals surface area contributed by atoms with Crippen molar-refractivity contribution in [3.63, 3.8) is 0 Å². The maximum absolute atomic E-state index is 12.5. The zero-order valence-corrected chi connectivity index (χ0v) is 12.3. The first-order valence-corrected chi connectivity index (χ1v) is 8.53. The van der Waals surface area contributed by atoms with Crippen molar-refractivity contribution < 1.29 is 31.5 Å². The van der Waals surface area contributed by atoms with Gasteiger partial charge in [-0.25, -0.2) is 8.42 Å². The van der Waals surface area contributed by atoms with Gasteiger partial charge in [-0.15, -0.1) is 0 Å². The Morgan fingerprint density at radius 1 is 1.14 bits per heavy atom. The summed E-state index contributed by atoms with van der Waals surface area (Å²) in [6, 6.07) is 4.02. The fourth-order valence-electron chi connectivity index (χ4n) is 2.74. The Labute approximate surface area is 125 Å². The number of aliphatic carboxylic acids is 1.